The average Bonchev–Trinajstić information content (AvgIpc) is 2.52. The lowest BCUT2D eigenvalue weighted by Crippen LogP contribution is -1.99. The van der Waals surface area contributed by atoms with Crippen LogP contribution in [0.1, 0.15) is 15.9 Å². The number of carbonyl (C=O) groups is 1. The Labute approximate surface area is 129 Å². The van der Waals surface area contributed by atoms with E-state index in [1.807, 2.05) is 12.1 Å². The Bertz CT molecular complexity index is 627. The first-order chi connectivity index (χ1) is 9.74. The molecule has 0 aliphatic rings. The van der Waals surface area contributed by atoms with Crippen molar-refractivity contribution in [3.05, 3.63) is 59.9 Å². The molecule has 110 valence electrons. The molecular formula is C16H16ClNO3. The average molecular weight is 306 g/mol. The summed E-state index contributed by atoms with van der Waals surface area (Å²) in [4.78, 5) is 16.1. The Kier molecular flexibility index (Phi) is 6.43. The summed E-state index contributed by atoms with van der Waals surface area (Å²) in [5.74, 6) is 1.02. The first kappa shape index (κ1) is 16.7. The highest BCUT2D eigenvalue weighted by Crippen LogP contribution is 2.25. The highest BCUT2D eigenvalue weighted by Gasteiger charge is 2.10. The molecule has 4 nitrogen and oxygen atoms in total. The number of hydrogen-bond donors (Lipinski definition) is 0. The minimum absolute atomic E-state index is 0. The van der Waals surface area contributed by atoms with E-state index in [-0.39, 0.29) is 18.2 Å². The second-order valence-electron chi connectivity index (χ2n) is 4.04. The van der Waals surface area contributed by atoms with Crippen LogP contribution in [0.15, 0.2) is 48.8 Å². The number of pyridine rings is 1. The van der Waals surface area contributed by atoms with Gasteiger partial charge in [0.25, 0.3) is 0 Å². The molecule has 0 atom stereocenters. The van der Waals surface area contributed by atoms with Crippen molar-refractivity contribution >= 4 is 24.3 Å². The first-order valence-electron chi connectivity index (χ1n) is 6.09. The number of allylic oxidation sites excluding steroid dienone is 1. The number of methoxy groups -OCH3 is 2. The van der Waals surface area contributed by atoms with Crippen molar-refractivity contribution in [1.29, 1.82) is 0 Å². The molecular weight excluding hydrogens is 290 g/mol. The molecule has 21 heavy (non-hydrogen) atoms. The van der Waals surface area contributed by atoms with Crippen LogP contribution in [0.25, 0.3) is 6.08 Å². The molecule has 5 heteroatoms. The number of carbonyl (C=O) groups excluding carboxylic acids is 1. The zero-order valence-corrected chi connectivity index (χ0v) is 12.6. The summed E-state index contributed by atoms with van der Waals surface area (Å²) < 4.78 is 10.3. The summed E-state index contributed by atoms with van der Waals surface area (Å²) in [6.07, 6.45) is 6.61. The molecule has 2 rings (SSSR count). The number of rotatable bonds is 5. The normalized spacial score (nSPS) is 10.0. The van der Waals surface area contributed by atoms with Crippen molar-refractivity contribution in [3.8, 4) is 11.5 Å². The van der Waals surface area contributed by atoms with Crippen LogP contribution in [0.3, 0.4) is 0 Å². The maximum Gasteiger partial charge on any atom is 0.189 e. The molecule has 0 aliphatic carbocycles. The molecule has 0 bridgehead atoms. The van der Waals surface area contributed by atoms with Gasteiger partial charge in [0.05, 0.1) is 19.8 Å². The van der Waals surface area contributed by atoms with Crippen molar-refractivity contribution in [1.82, 2.24) is 4.98 Å². The van der Waals surface area contributed by atoms with Gasteiger partial charge in [-0.15, -0.1) is 12.4 Å². The van der Waals surface area contributed by atoms with Crippen LogP contribution >= 0.6 is 12.4 Å². The molecule has 1 heterocycles. The molecule has 0 saturated carbocycles. The molecule has 1 aromatic heterocycles. The van der Waals surface area contributed by atoms with Crippen LogP contribution in [0, 0.1) is 0 Å². The van der Waals surface area contributed by atoms with Crippen LogP contribution < -0.4 is 9.47 Å². The van der Waals surface area contributed by atoms with E-state index >= 15 is 0 Å². The van der Waals surface area contributed by atoms with Gasteiger partial charge in [-0.1, -0.05) is 6.08 Å². The second-order valence-corrected chi connectivity index (χ2v) is 4.04. The van der Waals surface area contributed by atoms with Crippen LogP contribution in [0.4, 0.5) is 0 Å². The molecule has 0 N–H and O–H groups in total. The third-order valence-corrected chi connectivity index (χ3v) is 2.81. The van der Waals surface area contributed by atoms with Gasteiger partial charge >= 0.3 is 0 Å². The van der Waals surface area contributed by atoms with Gasteiger partial charge in [-0.3, -0.25) is 9.78 Å². The van der Waals surface area contributed by atoms with Gasteiger partial charge < -0.3 is 9.47 Å². The minimum Gasteiger partial charge on any atom is -0.497 e. The topological polar surface area (TPSA) is 48.4 Å². The molecule has 0 saturated heterocycles. The number of ether oxygens (including phenoxy) is 2. The molecule has 1 aromatic carbocycles. The van der Waals surface area contributed by atoms with Crippen molar-refractivity contribution in [3.63, 3.8) is 0 Å². The molecule has 0 aliphatic heterocycles. The van der Waals surface area contributed by atoms with Crippen LogP contribution in [0.2, 0.25) is 0 Å². The summed E-state index contributed by atoms with van der Waals surface area (Å²) in [5, 5.41) is 0. The lowest BCUT2D eigenvalue weighted by atomic mass is 10.1. The fraction of sp³-hybridized carbons (Fsp3) is 0.125. The van der Waals surface area contributed by atoms with Gasteiger partial charge in [0.1, 0.15) is 11.5 Å². The van der Waals surface area contributed by atoms with E-state index in [1.54, 1.807) is 43.8 Å². The predicted octanol–water partition coefficient (Wildman–Crippen LogP) is 3.42. The summed E-state index contributed by atoms with van der Waals surface area (Å²) in [5.41, 5.74) is 1.42. The van der Waals surface area contributed by atoms with Gasteiger partial charge in [0.15, 0.2) is 5.78 Å². The Hall–Kier alpha value is -2.33. The molecule has 2 aromatic rings. The summed E-state index contributed by atoms with van der Waals surface area (Å²) >= 11 is 0. The largest absolute Gasteiger partial charge is 0.497 e. The third kappa shape index (κ3) is 4.33. The van der Waals surface area contributed by atoms with Gasteiger partial charge in [-0.05, 0) is 35.9 Å². The Morgan fingerprint density at radius 1 is 1.10 bits per heavy atom. The Balaban J connectivity index is 0.00000220. The van der Waals surface area contributed by atoms with Crippen molar-refractivity contribution in [2.45, 2.75) is 0 Å². The fourth-order valence-electron chi connectivity index (χ4n) is 1.74. The van der Waals surface area contributed by atoms with E-state index in [4.69, 9.17) is 9.47 Å². The third-order valence-electron chi connectivity index (χ3n) is 2.81. The van der Waals surface area contributed by atoms with E-state index in [0.29, 0.717) is 17.1 Å². The quantitative estimate of drug-likeness (QED) is 0.627. The Morgan fingerprint density at radius 2 is 1.81 bits per heavy atom. The van der Waals surface area contributed by atoms with Gasteiger partial charge in [0, 0.05) is 18.5 Å². The number of hydrogen-bond acceptors (Lipinski definition) is 4. The molecule has 0 fully saturated rings. The number of ketones is 1. The zero-order valence-electron chi connectivity index (χ0n) is 11.8. The number of aromatic nitrogens is 1. The van der Waals surface area contributed by atoms with Crippen molar-refractivity contribution < 1.29 is 14.3 Å². The van der Waals surface area contributed by atoms with E-state index in [0.717, 1.165) is 5.56 Å². The maximum atomic E-state index is 12.2. The van der Waals surface area contributed by atoms with Gasteiger partial charge in [-0.25, -0.2) is 0 Å². The van der Waals surface area contributed by atoms with E-state index < -0.39 is 0 Å². The highest BCUT2D eigenvalue weighted by atomic mass is 35.5. The Morgan fingerprint density at radius 3 is 2.43 bits per heavy atom. The number of benzene rings is 1. The summed E-state index contributed by atoms with van der Waals surface area (Å²) in [6.45, 7) is 0. The smallest absolute Gasteiger partial charge is 0.189 e. The van der Waals surface area contributed by atoms with Crippen molar-refractivity contribution in [2.24, 2.45) is 0 Å². The standard InChI is InChI=1S/C16H15NO3.ClH/c1-19-13-4-5-14(16(11-13)20-2)15(18)6-3-12-7-9-17-10-8-12;/h3-11H,1-2H3;1H. The minimum atomic E-state index is -0.124. The van der Waals surface area contributed by atoms with E-state index in [9.17, 15) is 4.79 Å². The predicted molar refractivity (Wildman–Crippen MR) is 84.4 cm³/mol. The van der Waals surface area contributed by atoms with Crippen LogP contribution in [-0.4, -0.2) is 25.0 Å². The van der Waals surface area contributed by atoms with Crippen molar-refractivity contribution in [2.75, 3.05) is 14.2 Å². The highest BCUT2D eigenvalue weighted by molar-refractivity contribution is 6.08. The molecule has 0 spiro atoms. The molecule has 0 radical (unpaired) electrons. The first-order valence-corrected chi connectivity index (χ1v) is 6.09. The SMILES string of the molecule is COc1ccc(C(=O)C=Cc2ccncc2)c(OC)c1.Cl. The summed E-state index contributed by atoms with van der Waals surface area (Å²) in [7, 11) is 3.09. The number of nitrogens with zero attached hydrogens (tertiary/aromatic N) is 1. The lowest BCUT2D eigenvalue weighted by Gasteiger charge is -2.07. The van der Waals surface area contributed by atoms with Gasteiger partial charge in [-0.2, -0.15) is 0 Å². The fourth-order valence-corrected chi connectivity index (χ4v) is 1.74. The monoisotopic (exact) mass is 305 g/mol. The zero-order chi connectivity index (χ0) is 14.4. The lowest BCUT2D eigenvalue weighted by molar-refractivity contribution is 0.104. The van der Waals surface area contributed by atoms with Crippen LogP contribution in [-0.2, 0) is 0 Å². The van der Waals surface area contributed by atoms with Crippen LogP contribution in [0.5, 0.6) is 11.5 Å². The summed E-state index contributed by atoms with van der Waals surface area (Å²) in [6, 6.07) is 8.77. The second kappa shape index (κ2) is 8.07. The maximum absolute atomic E-state index is 12.2. The molecule has 0 unspecified atom stereocenters. The van der Waals surface area contributed by atoms with E-state index in [1.165, 1.54) is 13.2 Å². The van der Waals surface area contributed by atoms with Gasteiger partial charge in [0.2, 0.25) is 0 Å². The molecule has 0 amide bonds. The van der Waals surface area contributed by atoms with E-state index in [2.05, 4.69) is 4.98 Å². The number of halogens is 1.